The largest absolute Gasteiger partial charge is 0.497 e. The van der Waals surface area contributed by atoms with Gasteiger partial charge in [0.1, 0.15) is 23.1 Å². The third-order valence-electron chi connectivity index (χ3n) is 3.87. The fourth-order valence-corrected chi connectivity index (χ4v) is 2.39. The van der Waals surface area contributed by atoms with Crippen molar-refractivity contribution in [3.63, 3.8) is 0 Å². The standard InChI is InChI=1S/C20H19FN4O2/c1-27-17-8-6-16(7-9-17)25-20(26)18-12-24-19(13-23-18)22-11-10-14-2-4-15(21)5-3-14/h2-9,12-13H,10-11H2,1H3,(H,22,24)(H,25,26). The molecule has 0 aliphatic carbocycles. The highest BCUT2D eigenvalue weighted by atomic mass is 19.1. The summed E-state index contributed by atoms with van der Waals surface area (Å²) in [6.07, 6.45) is 3.65. The highest BCUT2D eigenvalue weighted by molar-refractivity contribution is 6.02. The Balaban J connectivity index is 1.51. The number of carbonyl (C=O) groups excluding carboxylic acids is 1. The van der Waals surface area contributed by atoms with Crippen molar-refractivity contribution in [3.05, 3.63) is 78.0 Å². The van der Waals surface area contributed by atoms with Gasteiger partial charge >= 0.3 is 0 Å². The van der Waals surface area contributed by atoms with Crippen LogP contribution in [0.1, 0.15) is 16.1 Å². The molecule has 0 saturated heterocycles. The van der Waals surface area contributed by atoms with Crippen molar-refractivity contribution in [2.24, 2.45) is 0 Å². The minimum atomic E-state index is -0.342. The number of benzene rings is 2. The highest BCUT2D eigenvalue weighted by Crippen LogP contribution is 2.15. The van der Waals surface area contributed by atoms with Gasteiger partial charge in [0.05, 0.1) is 19.5 Å². The molecule has 0 atom stereocenters. The zero-order chi connectivity index (χ0) is 19.1. The second kappa shape index (κ2) is 8.75. The van der Waals surface area contributed by atoms with Gasteiger partial charge in [-0.1, -0.05) is 12.1 Å². The van der Waals surface area contributed by atoms with Crippen LogP contribution >= 0.6 is 0 Å². The third-order valence-corrected chi connectivity index (χ3v) is 3.87. The highest BCUT2D eigenvalue weighted by Gasteiger charge is 2.08. The van der Waals surface area contributed by atoms with Crippen LogP contribution in [0.4, 0.5) is 15.9 Å². The van der Waals surface area contributed by atoms with Crippen molar-refractivity contribution in [1.29, 1.82) is 0 Å². The molecule has 27 heavy (non-hydrogen) atoms. The van der Waals surface area contributed by atoms with Crippen LogP contribution in [0.15, 0.2) is 60.9 Å². The maximum Gasteiger partial charge on any atom is 0.275 e. The monoisotopic (exact) mass is 366 g/mol. The van der Waals surface area contributed by atoms with E-state index in [1.165, 1.54) is 24.5 Å². The summed E-state index contributed by atoms with van der Waals surface area (Å²) in [5.74, 6) is 0.688. The Labute approximate surface area is 156 Å². The Morgan fingerprint density at radius 2 is 1.78 bits per heavy atom. The number of ether oxygens (including phenoxy) is 1. The molecule has 1 amide bonds. The number of hydrogen-bond acceptors (Lipinski definition) is 5. The summed E-state index contributed by atoms with van der Waals surface area (Å²) in [6, 6.07) is 13.4. The third kappa shape index (κ3) is 5.24. The van der Waals surface area contributed by atoms with Gasteiger partial charge in [0.15, 0.2) is 0 Å². The normalized spacial score (nSPS) is 10.3. The molecule has 7 heteroatoms. The number of carbonyl (C=O) groups is 1. The van der Waals surface area contributed by atoms with Gasteiger partial charge in [0.25, 0.3) is 5.91 Å². The quantitative estimate of drug-likeness (QED) is 0.669. The lowest BCUT2D eigenvalue weighted by Crippen LogP contribution is -2.15. The molecule has 3 rings (SSSR count). The van der Waals surface area contributed by atoms with E-state index in [0.29, 0.717) is 23.8 Å². The summed E-state index contributed by atoms with van der Waals surface area (Å²) in [5, 5.41) is 5.87. The van der Waals surface area contributed by atoms with Crippen molar-refractivity contribution >= 4 is 17.4 Å². The first-order chi connectivity index (χ1) is 13.1. The lowest BCUT2D eigenvalue weighted by molar-refractivity contribution is 0.102. The predicted molar refractivity (Wildman–Crippen MR) is 102 cm³/mol. The summed E-state index contributed by atoms with van der Waals surface area (Å²) in [6.45, 7) is 0.623. The van der Waals surface area contributed by atoms with E-state index in [2.05, 4.69) is 20.6 Å². The molecule has 1 heterocycles. The van der Waals surface area contributed by atoms with Crippen LogP contribution in [-0.4, -0.2) is 29.5 Å². The van der Waals surface area contributed by atoms with Gasteiger partial charge in [-0.2, -0.15) is 0 Å². The molecule has 138 valence electrons. The number of anilines is 2. The molecule has 0 aliphatic rings. The van der Waals surface area contributed by atoms with E-state index in [9.17, 15) is 9.18 Å². The number of amides is 1. The number of nitrogens with one attached hydrogen (secondary N) is 2. The predicted octanol–water partition coefficient (Wildman–Crippen LogP) is 3.53. The smallest absolute Gasteiger partial charge is 0.275 e. The second-order valence-electron chi connectivity index (χ2n) is 5.77. The minimum Gasteiger partial charge on any atom is -0.497 e. The van der Waals surface area contributed by atoms with E-state index in [1.807, 2.05) is 0 Å². The number of hydrogen-bond donors (Lipinski definition) is 2. The SMILES string of the molecule is COc1ccc(NC(=O)c2cnc(NCCc3ccc(F)cc3)cn2)cc1. The van der Waals surface area contributed by atoms with E-state index < -0.39 is 0 Å². The average Bonchev–Trinajstić information content (AvgIpc) is 2.70. The first kappa shape index (κ1) is 18.3. The van der Waals surface area contributed by atoms with Crippen LogP contribution in [-0.2, 0) is 6.42 Å². The molecule has 2 N–H and O–H groups in total. The summed E-state index contributed by atoms with van der Waals surface area (Å²) < 4.78 is 18.0. The molecule has 3 aromatic rings. The zero-order valence-corrected chi connectivity index (χ0v) is 14.8. The average molecular weight is 366 g/mol. The molecule has 0 bridgehead atoms. The van der Waals surface area contributed by atoms with Crippen LogP contribution in [0.5, 0.6) is 5.75 Å². The molecule has 0 spiro atoms. The van der Waals surface area contributed by atoms with Crippen molar-refractivity contribution < 1.29 is 13.9 Å². The van der Waals surface area contributed by atoms with Crippen LogP contribution in [0.2, 0.25) is 0 Å². The second-order valence-corrected chi connectivity index (χ2v) is 5.77. The van der Waals surface area contributed by atoms with Crippen molar-refractivity contribution in [1.82, 2.24) is 9.97 Å². The maximum absolute atomic E-state index is 12.9. The summed E-state index contributed by atoms with van der Waals surface area (Å²) in [7, 11) is 1.58. The number of halogens is 1. The maximum atomic E-state index is 12.9. The van der Waals surface area contributed by atoms with Crippen LogP contribution in [0, 0.1) is 5.82 Å². The molecule has 0 radical (unpaired) electrons. The topological polar surface area (TPSA) is 76.1 Å². The lowest BCUT2D eigenvalue weighted by atomic mass is 10.1. The van der Waals surface area contributed by atoms with E-state index in [0.717, 1.165) is 12.0 Å². The Morgan fingerprint density at radius 1 is 1.04 bits per heavy atom. The van der Waals surface area contributed by atoms with Crippen LogP contribution in [0.3, 0.4) is 0 Å². The molecule has 0 aliphatic heterocycles. The molecule has 2 aromatic carbocycles. The molecule has 6 nitrogen and oxygen atoms in total. The molecular formula is C20H19FN4O2. The van der Waals surface area contributed by atoms with Gasteiger partial charge in [-0.05, 0) is 48.4 Å². The van der Waals surface area contributed by atoms with Gasteiger partial charge in [-0.15, -0.1) is 0 Å². The molecule has 0 saturated carbocycles. The first-order valence-electron chi connectivity index (χ1n) is 8.40. The molecular weight excluding hydrogens is 347 g/mol. The summed E-state index contributed by atoms with van der Waals surface area (Å²) >= 11 is 0. The first-order valence-corrected chi connectivity index (χ1v) is 8.40. The summed E-state index contributed by atoms with van der Waals surface area (Å²) in [5.41, 5.74) is 1.88. The molecule has 0 unspecified atom stereocenters. The van der Waals surface area contributed by atoms with E-state index in [1.54, 1.807) is 43.5 Å². The van der Waals surface area contributed by atoms with E-state index in [4.69, 9.17) is 4.74 Å². The van der Waals surface area contributed by atoms with Gasteiger partial charge in [0.2, 0.25) is 0 Å². The van der Waals surface area contributed by atoms with Gasteiger partial charge in [-0.3, -0.25) is 4.79 Å². The van der Waals surface area contributed by atoms with Gasteiger partial charge in [0, 0.05) is 12.2 Å². The fourth-order valence-electron chi connectivity index (χ4n) is 2.39. The lowest BCUT2D eigenvalue weighted by Gasteiger charge is -2.07. The van der Waals surface area contributed by atoms with Crippen LogP contribution in [0.25, 0.3) is 0 Å². The molecule has 1 aromatic heterocycles. The minimum absolute atomic E-state index is 0.218. The number of aromatic nitrogens is 2. The Morgan fingerprint density at radius 3 is 2.41 bits per heavy atom. The fraction of sp³-hybridized carbons (Fsp3) is 0.150. The van der Waals surface area contributed by atoms with E-state index in [-0.39, 0.29) is 17.4 Å². The molecule has 0 fully saturated rings. The number of rotatable bonds is 7. The number of nitrogens with zero attached hydrogens (tertiary/aromatic N) is 2. The Hall–Kier alpha value is -3.48. The van der Waals surface area contributed by atoms with Crippen molar-refractivity contribution in [2.75, 3.05) is 24.3 Å². The van der Waals surface area contributed by atoms with Gasteiger partial charge < -0.3 is 15.4 Å². The zero-order valence-electron chi connectivity index (χ0n) is 14.8. The number of methoxy groups -OCH3 is 1. The summed E-state index contributed by atoms with van der Waals surface area (Å²) in [4.78, 5) is 20.5. The van der Waals surface area contributed by atoms with E-state index >= 15 is 0 Å². The Bertz CT molecular complexity index is 881. The van der Waals surface area contributed by atoms with Crippen molar-refractivity contribution in [2.45, 2.75) is 6.42 Å². The van der Waals surface area contributed by atoms with Crippen molar-refractivity contribution in [3.8, 4) is 5.75 Å². The van der Waals surface area contributed by atoms with Crippen LogP contribution < -0.4 is 15.4 Å². The van der Waals surface area contributed by atoms with Gasteiger partial charge in [-0.25, -0.2) is 14.4 Å². The Kier molecular flexibility index (Phi) is 5.94.